The van der Waals surface area contributed by atoms with Crippen LogP contribution in [-0.4, -0.2) is 35.1 Å². The molecule has 1 aliphatic heterocycles. The van der Waals surface area contributed by atoms with Crippen LogP contribution in [0.1, 0.15) is 33.1 Å². The molecule has 0 spiro atoms. The molecule has 14 heavy (non-hydrogen) atoms. The third kappa shape index (κ3) is 4.03. The first-order chi connectivity index (χ1) is 6.77. The van der Waals surface area contributed by atoms with E-state index in [1.54, 1.807) is 0 Å². The number of rotatable bonds is 5. The van der Waals surface area contributed by atoms with Crippen LogP contribution in [0.25, 0.3) is 0 Å². The maximum Gasteiger partial charge on any atom is 0.0187 e. The monoisotopic (exact) mass is 233 g/mol. The SMILES string of the molecule is CCC(CSC)NC1CCCSC1C. The predicted molar refractivity (Wildman–Crippen MR) is 70.5 cm³/mol. The number of thioether (sulfide) groups is 2. The first-order valence-electron chi connectivity index (χ1n) is 5.64. The van der Waals surface area contributed by atoms with Crippen LogP contribution in [0.3, 0.4) is 0 Å². The number of hydrogen-bond acceptors (Lipinski definition) is 3. The Morgan fingerprint density at radius 3 is 2.93 bits per heavy atom. The van der Waals surface area contributed by atoms with Gasteiger partial charge in [-0.15, -0.1) is 0 Å². The molecule has 0 bridgehead atoms. The first kappa shape index (κ1) is 12.7. The molecule has 1 rings (SSSR count). The van der Waals surface area contributed by atoms with E-state index in [9.17, 15) is 0 Å². The van der Waals surface area contributed by atoms with Gasteiger partial charge in [0.15, 0.2) is 0 Å². The van der Waals surface area contributed by atoms with Crippen molar-refractivity contribution < 1.29 is 0 Å². The van der Waals surface area contributed by atoms with E-state index in [1.165, 1.54) is 30.8 Å². The van der Waals surface area contributed by atoms with Crippen LogP contribution in [0.15, 0.2) is 0 Å². The summed E-state index contributed by atoms with van der Waals surface area (Å²) in [6, 6.07) is 1.47. The molecule has 0 aromatic heterocycles. The minimum Gasteiger partial charge on any atom is -0.309 e. The lowest BCUT2D eigenvalue weighted by Gasteiger charge is -2.32. The smallest absolute Gasteiger partial charge is 0.0187 e. The maximum absolute atomic E-state index is 3.81. The average Bonchev–Trinajstić information content (AvgIpc) is 2.20. The molecule has 1 aliphatic rings. The quantitative estimate of drug-likeness (QED) is 0.784. The molecular formula is C11H23NS2. The Balaban J connectivity index is 2.31. The predicted octanol–water partition coefficient (Wildman–Crippen LogP) is 3.00. The fourth-order valence-corrected chi connectivity index (χ4v) is 3.82. The molecule has 3 atom stereocenters. The molecule has 1 heterocycles. The summed E-state index contributed by atoms with van der Waals surface area (Å²) >= 11 is 4.08. The second-order valence-electron chi connectivity index (χ2n) is 4.05. The van der Waals surface area contributed by atoms with Gasteiger partial charge < -0.3 is 5.32 Å². The van der Waals surface area contributed by atoms with Gasteiger partial charge in [0.2, 0.25) is 0 Å². The van der Waals surface area contributed by atoms with Gasteiger partial charge in [-0.3, -0.25) is 0 Å². The van der Waals surface area contributed by atoms with Gasteiger partial charge >= 0.3 is 0 Å². The van der Waals surface area contributed by atoms with Crippen LogP contribution in [0, 0.1) is 0 Å². The summed E-state index contributed by atoms with van der Waals surface area (Å²) < 4.78 is 0. The lowest BCUT2D eigenvalue weighted by atomic mass is 10.1. The zero-order valence-corrected chi connectivity index (χ0v) is 11.2. The minimum atomic E-state index is 0.719. The summed E-state index contributed by atoms with van der Waals surface area (Å²) in [6.07, 6.45) is 6.22. The lowest BCUT2D eigenvalue weighted by Crippen LogP contribution is -2.45. The van der Waals surface area contributed by atoms with Crippen molar-refractivity contribution in [1.82, 2.24) is 5.32 Å². The Morgan fingerprint density at radius 2 is 2.36 bits per heavy atom. The first-order valence-corrected chi connectivity index (χ1v) is 8.08. The molecule has 1 nitrogen and oxygen atoms in total. The molecule has 1 fully saturated rings. The summed E-state index contributed by atoms with van der Waals surface area (Å²) in [4.78, 5) is 0. The fourth-order valence-electron chi connectivity index (χ4n) is 1.93. The van der Waals surface area contributed by atoms with Gasteiger partial charge in [0.05, 0.1) is 0 Å². The largest absolute Gasteiger partial charge is 0.309 e. The highest BCUT2D eigenvalue weighted by Crippen LogP contribution is 2.25. The summed E-state index contributed by atoms with van der Waals surface area (Å²) in [7, 11) is 0. The van der Waals surface area contributed by atoms with Gasteiger partial charge in [-0.05, 0) is 31.3 Å². The molecule has 1 N–H and O–H groups in total. The normalized spacial score (nSPS) is 30.2. The van der Waals surface area contributed by atoms with Crippen molar-refractivity contribution >= 4 is 23.5 Å². The zero-order chi connectivity index (χ0) is 10.4. The Bertz CT molecular complexity index is 152. The Hall–Kier alpha value is 0.660. The van der Waals surface area contributed by atoms with E-state index >= 15 is 0 Å². The van der Waals surface area contributed by atoms with E-state index in [-0.39, 0.29) is 0 Å². The molecule has 84 valence electrons. The summed E-state index contributed by atoms with van der Waals surface area (Å²) in [5, 5.41) is 4.62. The molecule has 0 aliphatic carbocycles. The highest BCUT2D eigenvalue weighted by molar-refractivity contribution is 8.00. The second kappa shape index (κ2) is 7.02. The molecule has 0 saturated carbocycles. The van der Waals surface area contributed by atoms with Gasteiger partial charge in [0, 0.05) is 23.1 Å². The fraction of sp³-hybridized carbons (Fsp3) is 1.00. The molecule has 0 aromatic carbocycles. The van der Waals surface area contributed by atoms with Gasteiger partial charge in [0.25, 0.3) is 0 Å². The lowest BCUT2D eigenvalue weighted by molar-refractivity contribution is 0.407. The maximum atomic E-state index is 3.81. The molecule has 3 heteroatoms. The van der Waals surface area contributed by atoms with Gasteiger partial charge in [-0.25, -0.2) is 0 Å². The van der Waals surface area contributed by atoms with E-state index < -0.39 is 0 Å². The molecule has 0 amide bonds. The second-order valence-corrected chi connectivity index (χ2v) is 6.45. The van der Waals surface area contributed by atoms with Crippen LogP contribution >= 0.6 is 23.5 Å². The highest BCUT2D eigenvalue weighted by atomic mass is 32.2. The van der Waals surface area contributed by atoms with Crippen molar-refractivity contribution in [3.05, 3.63) is 0 Å². The summed E-state index contributed by atoms with van der Waals surface area (Å²) in [6.45, 7) is 4.65. The summed E-state index contributed by atoms with van der Waals surface area (Å²) in [5.41, 5.74) is 0. The zero-order valence-electron chi connectivity index (χ0n) is 9.58. The van der Waals surface area contributed by atoms with Crippen LogP contribution in [0.5, 0.6) is 0 Å². The third-order valence-corrected chi connectivity index (χ3v) is 5.03. The highest BCUT2D eigenvalue weighted by Gasteiger charge is 2.23. The molecule has 0 aromatic rings. The van der Waals surface area contributed by atoms with E-state index in [4.69, 9.17) is 0 Å². The van der Waals surface area contributed by atoms with Crippen LogP contribution in [0.4, 0.5) is 0 Å². The van der Waals surface area contributed by atoms with Crippen molar-refractivity contribution in [2.75, 3.05) is 17.8 Å². The molecule has 0 radical (unpaired) electrons. The minimum absolute atomic E-state index is 0.719. The number of hydrogen-bond donors (Lipinski definition) is 1. The Kier molecular flexibility index (Phi) is 6.38. The van der Waals surface area contributed by atoms with E-state index in [0.29, 0.717) is 0 Å². The van der Waals surface area contributed by atoms with E-state index in [0.717, 1.165) is 17.3 Å². The van der Waals surface area contributed by atoms with Crippen molar-refractivity contribution in [2.24, 2.45) is 0 Å². The Morgan fingerprint density at radius 1 is 1.57 bits per heavy atom. The van der Waals surface area contributed by atoms with Crippen molar-refractivity contribution in [1.29, 1.82) is 0 Å². The topological polar surface area (TPSA) is 12.0 Å². The van der Waals surface area contributed by atoms with Crippen LogP contribution in [-0.2, 0) is 0 Å². The van der Waals surface area contributed by atoms with Gasteiger partial charge in [-0.1, -0.05) is 13.8 Å². The van der Waals surface area contributed by atoms with Crippen LogP contribution < -0.4 is 5.32 Å². The van der Waals surface area contributed by atoms with E-state index in [2.05, 4.69) is 37.2 Å². The van der Waals surface area contributed by atoms with Crippen molar-refractivity contribution in [3.8, 4) is 0 Å². The average molecular weight is 233 g/mol. The van der Waals surface area contributed by atoms with Crippen molar-refractivity contribution in [2.45, 2.75) is 50.4 Å². The van der Waals surface area contributed by atoms with Crippen molar-refractivity contribution in [3.63, 3.8) is 0 Å². The Labute approximate surface area is 97.2 Å². The summed E-state index contributed by atoms with van der Waals surface area (Å²) in [5.74, 6) is 2.61. The third-order valence-electron chi connectivity index (χ3n) is 2.92. The number of nitrogens with one attached hydrogen (secondary N) is 1. The molecular weight excluding hydrogens is 210 g/mol. The van der Waals surface area contributed by atoms with Crippen LogP contribution in [0.2, 0.25) is 0 Å². The van der Waals surface area contributed by atoms with Gasteiger partial charge in [-0.2, -0.15) is 23.5 Å². The standard InChI is InChI=1S/C11H23NS2/c1-4-10(8-13-3)12-11-6-5-7-14-9(11)2/h9-12H,4-8H2,1-3H3. The molecule has 1 saturated heterocycles. The van der Waals surface area contributed by atoms with E-state index in [1.807, 2.05) is 11.8 Å². The molecule has 3 unspecified atom stereocenters. The van der Waals surface area contributed by atoms with Gasteiger partial charge in [0.1, 0.15) is 0 Å².